The van der Waals surface area contributed by atoms with E-state index in [9.17, 15) is 4.89 Å². The van der Waals surface area contributed by atoms with E-state index in [1.54, 1.807) is 0 Å². The second-order valence-corrected chi connectivity index (χ2v) is 5.59. The standard InChI is InChI=1S/C14H14OP.ClH.Mg/c1-11-3-7-13(8-4-11)16(15)14-9-5-12(2)6-10-14;;/h3-10H,1-2H3;1H;/q-1;;+2/p-1. The van der Waals surface area contributed by atoms with Crippen molar-refractivity contribution in [3.05, 3.63) is 59.7 Å². The molecule has 0 N–H and O–H groups in total. The van der Waals surface area contributed by atoms with Crippen molar-refractivity contribution in [3.8, 4) is 0 Å². The molecule has 4 heteroatoms. The molecule has 1 nitrogen and oxygen atoms in total. The van der Waals surface area contributed by atoms with Crippen LogP contribution >= 0.6 is 8.15 Å². The van der Waals surface area contributed by atoms with Crippen LogP contribution in [-0.2, 0) is 0 Å². The van der Waals surface area contributed by atoms with E-state index in [4.69, 9.17) is 0 Å². The van der Waals surface area contributed by atoms with Crippen molar-refractivity contribution in [2.45, 2.75) is 13.8 Å². The second-order valence-electron chi connectivity index (χ2n) is 3.97. The summed E-state index contributed by atoms with van der Waals surface area (Å²) in [7, 11) is -1.45. The van der Waals surface area contributed by atoms with Gasteiger partial charge in [-0.25, -0.2) is 0 Å². The largest absolute Gasteiger partial charge is 2.00 e. The molecule has 2 rings (SSSR count). The van der Waals surface area contributed by atoms with Crippen LogP contribution in [0.1, 0.15) is 11.1 Å². The monoisotopic (exact) mass is 288 g/mol. The summed E-state index contributed by atoms with van der Waals surface area (Å²) < 4.78 is 0. The summed E-state index contributed by atoms with van der Waals surface area (Å²) >= 11 is 0. The Labute approximate surface area is 132 Å². The molecular formula is C14H14ClMgOP. The fraction of sp³-hybridized carbons (Fsp3) is 0.143. The van der Waals surface area contributed by atoms with E-state index in [0.717, 1.165) is 10.6 Å². The van der Waals surface area contributed by atoms with Crippen LogP contribution < -0.4 is 27.9 Å². The molecule has 0 heterocycles. The molecule has 0 aliphatic rings. The molecule has 90 valence electrons. The van der Waals surface area contributed by atoms with Crippen LogP contribution in [0, 0.1) is 13.8 Å². The van der Waals surface area contributed by atoms with Crippen LogP contribution in [0.5, 0.6) is 0 Å². The van der Waals surface area contributed by atoms with Gasteiger partial charge in [-0.15, -0.1) is 8.15 Å². The van der Waals surface area contributed by atoms with Gasteiger partial charge >= 0.3 is 23.1 Å². The van der Waals surface area contributed by atoms with Gasteiger partial charge in [-0.2, -0.15) is 0 Å². The van der Waals surface area contributed by atoms with Gasteiger partial charge in [0, 0.05) is 0 Å². The fourth-order valence-electron chi connectivity index (χ4n) is 1.51. The van der Waals surface area contributed by atoms with Crippen molar-refractivity contribution >= 4 is 41.8 Å². The Hall–Kier alpha value is -0.114. The first kappa shape index (κ1) is 17.9. The minimum absolute atomic E-state index is 0. The zero-order valence-electron chi connectivity index (χ0n) is 10.6. The van der Waals surface area contributed by atoms with Crippen LogP contribution in [0.3, 0.4) is 0 Å². The van der Waals surface area contributed by atoms with Crippen LogP contribution in [0.2, 0.25) is 0 Å². The van der Waals surface area contributed by atoms with Crippen molar-refractivity contribution in [1.29, 1.82) is 0 Å². The van der Waals surface area contributed by atoms with Crippen LogP contribution in [-0.4, -0.2) is 23.1 Å². The molecule has 2 aromatic carbocycles. The van der Waals surface area contributed by atoms with Crippen LogP contribution in [0.25, 0.3) is 0 Å². The Morgan fingerprint density at radius 3 is 1.28 bits per heavy atom. The third kappa shape index (κ3) is 4.53. The maximum absolute atomic E-state index is 12.2. The molecule has 0 unspecified atom stereocenters. The fourth-order valence-corrected chi connectivity index (χ4v) is 2.65. The SMILES string of the molecule is Cc1ccc(P([O-])c2ccc(C)cc2)cc1.[Cl-].[Mg+2]. The molecule has 0 spiro atoms. The normalized spacial score (nSPS) is 9.56. The summed E-state index contributed by atoms with van der Waals surface area (Å²) in [5.41, 5.74) is 2.38. The van der Waals surface area contributed by atoms with Gasteiger partial charge in [-0.3, -0.25) is 0 Å². The quantitative estimate of drug-likeness (QED) is 0.494. The predicted molar refractivity (Wildman–Crippen MR) is 74.3 cm³/mol. The Kier molecular flexibility index (Phi) is 8.08. The molecule has 0 aliphatic heterocycles. The van der Waals surface area contributed by atoms with Crippen molar-refractivity contribution in [3.63, 3.8) is 0 Å². The summed E-state index contributed by atoms with van der Waals surface area (Å²) in [4.78, 5) is 12.2. The summed E-state index contributed by atoms with van der Waals surface area (Å²) in [6, 6.07) is 15.7. The zero-order chi connectivity index (χ0) is 11.5. The molecular weight excluding hydrogens is 275 g/mol. The van der Waals surface area contributed by atoms with E-state index in [1.807, 2.05) is 62.4 Å². The minimum atomic E-state index is -1.45. The molecule has 0 bridgehead atoms. The van der Waals surface area contributed by atoms with Gasteiger partial charge in [-0.1, -0.05) is 59.7 Å². The molecule has 0 aromatic heterocycles. The number of rotatable bonds is 2. The van der Waals surface area contributed by atoms with Crippen molar-refractivity contribution in [1.82, 2.24) is 0 Å². The number of aryl methyl sites for hydroxylation is 2. The van der Waals surface area contributed by atoms with Crippen molar-refractivity contribution in [2.24, 2.45) is 0 Å². The molecule has 2 aromatic rings. The first-order chi connectivity index (χ1) is 7.66. The number of benzene rings is 2. The number of hydrogen-bond donors (Lipinski definition) is 0. The van der Waals surface area contributed by atoms with E-state index in [2.05, 4.69) is 0 Å². The average molecular weight is 289 g/mol. The Morgan fingerprint density at radius 1 is 0.722 bits per heavy atom. The molecule has 0 radical (unpaired) electrons. The minimum Gasteiger partial charge on any atom is -1.00 e. The summed E-state index contributed by atoms with van der Waals surface area (Å²) in [6.07, 6.45) is 0. The molecule has 0 saturated carbocycles. The second kappa shape index (κ2) is 8.14. The first-order valence-corrected chi connectivity index (χ1v) is 6.53. The first-order valence-electron chi connectivity index (χ1n) is 5.27. The van der Waals surface area contributed by atoms with E-state index in [0.29, 0.717) is 0 Å². The molecule has 0 fully saturated rings. The summed E-state index contributed by atoms with van der Waals surface area (Å²) in [6.45, 7) is 4.06. The molecule has 0 amide bonds. The molecule has 0 atom stereocenters. The van der Waals surface area contributed by atoms with Gasteiger partial charge in [0.1, 0.15) is 0 Å². The van der Waals surface area contributed by atoms with Crippen LogP contribution in [0.4, 0.5) is 0 Å². The maximum Gasteiger partial charge on any atom is 2.00 e. The number of halogens is 1. The van der Waals surface area contributed by atoms with E-state index in [-0.39, 0.29) is 35.5 Å². The summed E-state index contributed by atoms with van der Waals surface area (Å²) in [5.74, 6) is 0. The Balaban J connectivity index is 0.00000144. The van der Waals surface area contributed by atoms with Gasteiger partial charge < -0.3 is 17.3 Å². The summed E-state index contributed by atoms with van der Waals surface area (Å²) in [5, 5.41) is 1.79. The third-order valence-electron chi connectivity index (χ3n) is 2.54. The topological polar surface area (TPSA) is 23.1 Å². The van der Waals surface area contributed by atoms with Gasteiger partial charge in [0.25, 0.3) is 0 Å². The van der Waals surface area contributed by atoms with Crippen molar-refractivity contribution < 1.29 is 17.3 Å². The zero-order valence-corrected chi connectivity index (χ0v) is 13.6. The van der Waals surface area contributed by atoms with Gasteiger partial charge in [0.05, 0.1) is 0 Å². The molecule has 0 aliphatic carbocycles. The van der Waals surface area contributed by atoms with Crippen LogP contribution in [0.15, 0.2) is 48.5 Å². The third-order valence-corrected chi connectivity index (χ3v) is 4.07. The Bertz CT molecular complexity index is 425. The molecule has 18 heavy (non-hydrogen) atoms. The predicted octanol–water partition coefficient (Wildman–Crippen LogP) is -1.37. The van der Waals surface area contributed by atoms with Gasteiger partial charge in [0.2, 0.25) is 0 Å². The smallest absolute Gasteiger partial charge is 1.00 e. The van der Waals surface area contributed by atoms with Gasteiger partial charge in [0.15, 0.2) is 0 Å². The van der Waals surface area contributed by atoms with E-state index >= 15 is 0 Å². The Morgan fingerprint density at radius 2 is 1.00 bits per heavy atom. The van der Waals surface area contributed by atoms with Crippen molar-refractivity contribution in [2.75, 3.05) is 0 Å². The number of hydrogen-bond acceptors (Lipinski definition) is 1. The van der Waals surface area contributed by atoms with Gasteiger partial charge in [-0.05, 0) is 24.5 Å². The van der Waals surface area contributed by atoms with E-state index < -0.39 is 8.15 Å². The average Bonchev–Trinajstić information content (AvgIpc) is 2.30. The maximum atomic E-state index is 12.2. The molecule has 0 saturated heterocycles. The van der Waals surface area contributed by atoms with E-state index in [1.165, 1.54) is 11.1 Å².